The second-order valence-corrected chi connectivity index (χ2v) is 8.01. The van der Waals surface area contributed by atoms with Crippen LogP contribution in [0.1, 0.15) is 5.56 Å². The molecule has 1 N–H and O–H groups in total. The Balaban J connectivity index is 1.33. The van der Waals surface area contributed by atoms with Gasteiger partial charge in [0, 0.05) is 23.3 Å². The molecule has 170 valence electrons. The zero-order valence-electron chi connectivity index (χ0n) is 17.9. The van der Waals surface area contributed by atoms with Gasteiger partial charge in [0.05, 0.1) is 5.56 Å². The van der Waals surface area contributed by atoms with Crippen molar-refractivity contribution in [2.24, 2.45) is 0 Å². The Morgan fingerprint density at radius 3 is 2.62 bits per heavy atom. The molecule has 0 atom stereocenters. The predicted molar refractivity (Wildman–Crippen MR) is 126 cm³/mol. The van der Waals surface area contributed by atoms with Crippen LogP contribution in [0.15, 0.2) is 82.2 Å². The number of hydrogen-bond donors (Lipinski definition) is 1. The molecule has 0 radical (unpaired) electrons. The van der Waals surface area contributed by atoms with E-state index in [0.29, 0.717) is 35.0 Å². The van der Waals surface area contributed by atoms with Crippen LogP contribution in [0.4, 0.5) is 0 Å². The lowest BCUT2D eigenvalue weighted by Gasteiger charge is -2.05. The number of rotatable bonds is 7. The molecule has 34 heavy (non-hydrogen) atoms. The molecule has 2 aromatic carbocycles. The molecule has 0 fully saturated rings. The van der Waals surface area contributed by atoms with Crippen LogP contribution in [0.2, 0.25) is 5.02 Å². The first kappa shape index (κ1) is 21.6. The molecule has 0 saturated carbocycles. The fourth-order valence-corrected chi connectivity index (χ4v) is 3.66. The van der Waals surface area contributed by atoms with E-state index >= 15 is 0 Å². The van der Waals surface area contributed by atoms with Crippen LogP contribution in [-0.2, 0) is 17.8 Å². The van der Waals surface area contributed by atoms with Gasteiger partial charge in [-0.25, -0.2) is 13.9 Å². The average Bonchev–Trinajstić information content (AvgIpc) is 3.46. The number of carbonyl (C=O) groups excluding carboxylic acids is 1. The summed E-state index contributed by atoms with van der Waals surface area (Å²) in [5.74, 6) is 0.346. The largest absolute Gasteiger partial charge is 0.354 e. The van der Waals surface area contributed by atoms with Gasteiger partial charge in [-0.15, -0.1) is 5.10 Å². The average molecular weight is 475 g/mol. The maximum Gasteiger partial charge on any atom is 0.350 e. The monoisotopic (exact) mass is 474 g/mol. The fourth-order valence-electron chi connectivity index (χ4n) is 3.53. The Kier molecular flexibility index (Phi) is 5.92. The standard InChI is InChI=1S/C24H19ClN6O3/c25-18-10-8-16(9-11-18)12-13-26-20(32)15-31-24(33)30-14-4-7-19(22(30)28-31)23-27-21(29-34-23)17-5-2-1-3-6-17/h1-11,14H,12-13,15H2,(H,26,32). The van der Waals surface area contributed by atoms with Gasteiger partial charge in [-0.3, -0.25) is 4.79 Å². The molecule has 0 bridgehead atoms. The van der Waals surface area contributed by atoms with Crippen LogP contribution >= 0.6 is 11.6 Å². The zero-order valence-corrected chi connectivity index (χ0v) is 18.6. The first-order valence-corrected chi connectivity index (χ1v) is 10.9. The maximum absolute atomic E-state index is 12.8. The fraction of sp³-hybridized carbons (Fsp3) is 0.125. The molecular weight excluding hydrogens is 456 g/mol. The summed E-state index contributed by atoms with van der Waals surface area (Å²) in [7, 11) is 0. The summed E-state index contributed by atoms with van der Waals surface area (Å²) in [6.45, 7) is 0.220. The minimum Gasteiger partial charge on any atom is -0.354 e. The highest BCUT2D eigenvalue weighted by molar-refractivity contribution is 6.30. The van der Waals surface area contributed by atoms with E-state index in [0.717, 1.165) is 15.8 Å². The van der Waals surface area contributed by atoms with Gasteiger partial charge in [0.2, 0.25) is 11.7 Å². The van der Waals surface area contributed by atoms with Crippen molar-refractivity contribution >= 4 is 23.2 Å². The van der Waals surface area contributed by atoms with Gasteiger partial charge in [-0.05, 0) is 36.2 Å². The molecule has 0 aliphatic carbocycles. The molecule has 0 aliphatic heterocycles. The summed E-state index contributed by atoms with van der Waals surface area (Å²) in [4.78, 5) is 29.7. The van der Waals surface area contributed by atoms with E-state index in [1.807, 2.05) is 42.5 Å². The number of halogens is 1. The highest BCUT2D eigenvalue weighted by atomic mass is 35.5. The van der Waals surface area contributed by atoms with E-state index in [9.17, 15) is 9.59 Å². The molecular formula is C24H19ClN6O3. The molecule has 0 saturated heterocycles. The molecule has 3 heterocycles. The van der Waals surface area contributed by atoms with Gasteiger partial charge in [-0.1, -0.05) is 59.2 Å². The number of aromatic nitrogens is 5. The van der Waals surface area contributed by atoms with Crippen LogP contribution < -0.4 is 11.0 Å². The third-order valence-corrected chi connectivity index (χ3v) is 5.49. The lowest BCUT2D eigenvalue weighted by Crippen LogP contribution is -2.33. The number of hydrogen-bond acceptors (Lipinski definition) is 6. The van der Waals surface area contributed by atoms with Crippen molar-refractivity contribution < 1.29 is 9.32 Å². The van der Waals surface area contributed by atoms with Crippen molar-refractivity contribution in [3.8, 4) is 22.8 Å². The van der Waals surface area contributed by atoms with Crippen molar-refractivity contribution in [2.45, 2.75) is 13.0 Å². The van der Waals surface area contributed by atoms with E-state index in [2.05, 4.69) is 20.6 Å². The van der Waals surface area contributed by atoms with E-state index in [4.69, 9.17) is 16.1 Å². The second kappa shape index (κ2) is 9.32. The summed E-state index contributed by atoms with van der Waals surface area (Å²) in [5.41, 5.74) is 2.24. The minimum atomic E-state index is -0.438. The summed E-state index contributed by atoms with van der Waals surface area (Å²) in [6.07, 6.45) is 2.23. The summed E-state index contributed by atoms with van der Waals surface area (Å²) >= 11 is 5.89. The SMILES string of the molecule is O=C(Cn1nc2c(-c3nc(-c4ccccc4)no3)cccn2c1=O)NCCc1ccc(Cl)cc1. The van der Waals surface area contributed by atoms with Crippen molar-refractivity contribution in [1.29, 1.82) is 0 Å². The first-order valence-electron chi connectivity index (χ1n) is 10.6. The van der Waals surface area contributed by atoms with Crippen LogP contribution in [-0.4, -0.2) is 36.8 Å². The highest BCUT2D eigenvalue weighted by Gasteiger charge is 2.18. The molecule has 3 aromatic heterocycles. The molecule has 5 aromatic rings. The summed E-state index contributed by atoms with van der Waals surface area (Å²) in [6, 6.07) is 20.3. The Bertz CT molecular complexity index is 1510. The smallest absolute Gasteiger partial charge is 0.350 e. The third kappa shape index (κ3) is 4.46. The maximum atomic E-state index is 12.8. The number of pyridine rings is 1. The highest BCUT2D eigenvalue weighted by Crippen LogP contribution is 2.24. The van der Waals surface area contributed by atoms with Crippen molar-refractivity contribution in [2.75, 3.05) is 6.54 Å². The van der Waals surface area contributed by atoms with Crippen LogP contribution in [0, 0.1) is 0 Å². The summed E-state index contributed by atoms with van der Waals surface area (Å²) < 4.78 is 7.90. The van der Waals surface area contributed by atoms with Gasteiger partial charge in [0.25, 0.3) is 5.89 Å². The minimum absolute atomic E-state index is 0.209. The zero-order chi connectivity index (χ0) is 23.5. The van der Waals surface area contributed by atoms with Gasteiger partial charge >= 0.3 is 5.69 Å². The quantitative estimate of drug-likeness (QED) is 0.388. The van der Waals surface area contributed by atoms with Crippen molar-refractivity contribution in [1.82, 2.24) is 29.6 Å². The number of carbonyl (C=O) groups is 1. The van der Waals surface area contributed by atoms with Crippen LogP contribution in [0.25, 0.3) is 28.5 Å². The molecule has 0 spiro atoms. The van der Waals surface area contributed by atoms with Gasteiger partial charge in [0.1, 0.15) is 6.54 Å². The lowest BCUT2D eigenvalue weighted by atomic mass is 10.1. The molecule has 1 amide bonds. The first-order chi connectivity index (χ1) is 16.6. The van der Waals surface area contributed by atoms with E-state index < -0.39 is 5.69 Å². The van der Waals surface area contributed by atoms with E-state index in [1.165, 1.54) is 4.40 Å². The lowest BCUT2D eigenvalue weighted by molar-refractivity contribution is -0.121. The number of nitrogens with one attached hydrogen (secondary N) is 1. The Labute approximate surface area is 198 Å². The molecule has 0 unspecified atom stereocenters. The Morgan fingerprint density at radius 1 is 1.03 bits per heavy atom. The van der Waals surface area contributed by atoms with Crippen molar-refractivity contribution in [3.63, 3.8) is 0 Å². The number of amides is 1. The van der Waals surface area contributed by atoms with Gasteiger partial charge in [-0.2, -0.15) is 4.98 Å². The van der Waals surface area contributed by atoms with Gasteiger partial charge < -0.3 is 9.84 Å². The topological polar surface area (TPSA) is 107 Å². The van der Waals surface area contributed by atoms with Crippen LogP contribution in [0.3, 0.4) is 0 Å². The van der Waals surface area contributed by atoms with E-state index in [1.54, 1.807) is 30.5 Å². The molecule has 0 aliphatic rings. The molecule has 10 heteroatoms. The molecule has 5 rings (SSSR count). The molecule has 9 nitrogen and oxygen atoms in total. The third-order valence-electron chi connectivity index (χ3n) is 5.24. The second-order valence-electron chi connectivity index (χ2n) is 7.57. The normalized spacial score (nSPS) is 11.1. The van der Waals surface area contributed by atoms with E-state index in [-0.39, 0.29) is 18.3 Å². The number of fused-ring (bicyclic) bond motifs is 1. The Morgan fingerprint density at radius 2 is 1.82 bits per heavy atom. The summed E-state index contributed by atoms with van der Waals surface area (Å²) in [5, 5.41) is 11.9. The number of nitrogens with zero attached hydrogens (tertiary/aromatic N) is 5. The van der Waals surface area contributed by atoms with Crippen molar-refractivity contribution in [3.05, 3.63) is 94.0 Å². The Hall–Kier alpha value is -4.24. The predicted octanol–water partition coefficient (Wildman–Crippen LogP) is 3.23. The van der Waals surface area contributed by atoms with Gasteiger partial charge in [0.15, 0.2) is 5.65 Å². The number of benzene rings is 2. The van der Waals surface area contributed by atoms with Crippen LogP contribution in [0.5, 0.6) is 0 Å².